The fourth-order valence-electron chi connectivity index (χ4n) is 6.42. The molecule has 56 heavy (non-hydrogen) atoms. The molecule has 262 valence electrons. The third-order valence-corrected chi connectivity index (χ3v) is 9.24. The van der Waals surface area contributed by atoms with Crippen LogP contribution in [0.5, 0.6) is 0 Å². The van der Waals surface area contributed by atoms with Gasteiger partial charge in [0.25, 0.3) is 0 Å². The number of rotatable bonds is 8. The summed E-state index contributed by atoms with van der Waals surface area (Å²) in [6.07, 6.45) is 0. The minimum atomic E-state index is 0.351. The molecule has 8 heteroatoms. The number of benzene rings is 6. The molecule has 0 aliphatic carbocycles. The fraction of sp³-hybridized carbons (Fsp3) is 0. The highest BCUT2D eigenvalue weighted by molar-refractivity contribution is 5.75. The van der Waals surface area contributed by atoms with Gasteiger partial charge in [0.15, 0.2) is 34.9 Å². The molecule has 9 rings (SSSR count). The Morgan fingerprint density at radius 1 is 0.268 bits per heavy atom. The van der Waals surface area contributed by atoms with Crippen molar-refractivity contribution in [3.05, 3.63) is 188 Å². The van der Waals surface area contributed by atoms with Gasteiger partial charge >= 0.3 is 0 Å². The summed E-state index contributed by atoms with van der Waals surface area (Å²) in [6, 6.07) is 61.7. The fourth-order valence-corrected chi connectivity index (χ4v) is 6.42. The van der Waals surface area contributed by atoms with Crippen molar-refractivity contribution in [3.63, 3.8) is 0 Å². The van der Waals surface area contributed by atoms with Gasteiger partial charge in [-0.15, -0.1) is 0 Å². The normalized spacial score (nSPS) is 10.8. The predicted octanol–water partition coefficient (Wildman–Crippen LogP) is 10.7. The van der Waals surface area contributed by atoms with Crippen LogP contribution in [-0.2, 0) is 0 Å². The quantitative estimate of drug-likeness (QED) is 0.152. The average Bonchev–Trinajstić information content (AvgIpc) is 3.30. The molecule has 0 fully saturated rings. The van der Waals surface area contributed by atoms with Crippen LogP contribution in [0.25, 0.3) is 90.7 Å². The van der Waals surface area contributed by atoms with Crippen molar-refractivity contribution < 1.29 is 0 Å². The summed E-state index contributed by atoms with van der Waals surface area (Å²) in [6.45, 7) is 0. The summed E-state index contributed by atoms with van der Waals surface area (Å²) < 4.78 is 0. The third kappa shape index (κ3) is 7.16. The van der Waals surface area contributed by atoms with Crippen LogP contribution < -0.4 is 0 Å². The van der Waals surface area contributed by atoms with Crippen LogP contribution in [-0.4, -0.2) is 34.9 Å². The van der Waals surface area contributed by atoms with Crippen LogP contribution in [0.2, 0.25) is 0 Å². The molecule has 0 N–H and O–H groups in total. The summed E-state index contributed by atoms with van der Waals surface area (Å²) in [5, 5.41) is 9.44. The topological polar surface area (TPSA) is 114 Å². The molecule has 0 saturated heterocycles. The lowest BCUT2D eigenvalue weighted by atomic mass is 10.0. The van der Waals surface area contributed by atoms with Gasteiger partial charge in [-0.25, -0.2) is 34.9 Å². The standard InChI is InChI=1S/C48H30N8/c49-31-41-23-12-24-42(50-41)37-19-10-20-38(29-37)46-53-44(35-17-8-3-9-18-35)54-48(56-46)40-22-11-21-39(30-40)47-52-43(34-15-6-2-7-16-34)51-45(55-47)36-27-25-33(26-28-36)32-13-4-1-5-14-32/h1-30H. The zero-order valence-electron chi connectivity index (χ0n) is 29.9. The predicted molar refractivity (Wildman–Crippen MR) is 219 cm³/mol. The first-order chi connectivity index (χ1) is 27.7. The lowest BCUT2D eigenvalue weighted by Gasteiger charge is -2.11. The lowest BCUT2D eigenvalue weighted by molar-refractivity contribution is 1.07. The van der Waals surface area contributed by atoms with Crippen molar-refractivity contribution in [1.29, 1.82) is 5.26 Å². The Balaban J connectivity index is 1.14. The second-order valence-corrected chi connectivity index (χ2v) is 13.0. The van der Waals surface area contributed by atoms with Gasteiger partial charge in [-0.05, 0) is 35.4 Å². The Morgan fingerprint density at radius 3 is 1.05 bits per heavy atom. The Kier molecular flexibility index (Phi) is 9.14. The molecule has 0 saturated carbocycles. The highest BCUT2D eigenvalue weighted by Gasteiger charge is 2.17. The summed E-state index contributed by atoms with van der Waals surface area (Å²) >= 11 is 0. The Hall–Kier alpha value is -8.02. The number of nitriles is 1. The van der Waals surface area contributed by atoms with Crippen LogP contribution in [0.1, 0.15) is 5.69 Å². The van der Waals surface area contributed by atoms with E-state index < -0.39 is 0 Å². The summed E-state index contributed by atoms with van der Waals surface area (Å²) in [4.78, 5) is 34.4. The first kappa shape index (κ1) is 33.8. The van der Waals surface area contributed by atoms with Crippen molar-refractivity contribution >= 4 is 0 Å². The van der Waals surface area contributed by atoms with E-state index in [1.54, 1.807) is 6.07 Å². The van der Waals surface area contributed by atoms with Crippen molar-refractivity contribution in [2.45, 2.75) is 0 Å². The molecule has 8 nitrogen and oxygen atoms in total. The van der Waals surface area contributed by atoms with Gasteiger partial charge in [0.2, 0.25) is 0 Å². The maximum Gasteiger partial charge on any atom is 0.164 e. The minimum absolute atomic E-state index is 0.351. The van der Waals surface area contributed by atoms with E-state index in [1.807, 2.05) is 140 Å². The molecule has 0 aliphatic rings. The molecule has 0 unspecified atom stereocenters. The molecule has 9 aromatic rings. The average molecular weight is 719 g/mol. The van der Waals surface area contributed by atoms with E-state index in [-0.39, 0.29) is 0 Å². The van der Waals surface area contributed by atoms with E-state index in [9.17, 15) is 5.26 Å². The van der Waals surface area contributed by atoms with Gasteiger partial charge < -0.3 is 0 Å². The monoisotopic (exact) mass is 718 g/mol. The zero-order chi connectivity index (χ0) is 37.7. The minimum Gasteiger partial charge on any atom is -0.237 e. The molecule has 0 atom stereocenters. The first-order valence-corrected chi connectivity index (χ1v) is 18.0. The van der Waals surface area contributed by atoms with Crippen molar-refractivity contribution in [2.75, 3.05) is 0 Å². The third-order valence-electron chi connectivity index (χ3n) is 9.24. The maximum atomic E-state index is 9.44. The molecule has 0 bridgehead atoms. The van der Waals surface area contributed by atoms with Crippen LogP contribution in [0, 0.1) is 11.3 Å². The van der Waals surface area contributed by atoms with E-state index >= 15 is 0 Å². The van der Waals surface area contributed by atoms with Crippen LogP contribution in [0.15, 0.2) is 182 Å². The number of pyridine rings is 1. The van der Waals surface area contributed by atoms with Gasteiger partial charge in [-0.1, -0.05) is 158 Å². The maximum absolute atomic E-state index is 9.44. The van der Waals surface area contributed by atoms with Gasteiger partial charge in [-0.3, -0.25) is 0 Å². The Labute approximate surface area is 323 Å². The SMILES string of the molecule is N#Cc1cccc(-c2cccc(-c3nc(-c4ccccc4)nc(-c4cccc(-c5nc(-c6ccccc6)nc(-c6ccc(-c7ccccc7)cc6)n5)c4)n3)c2)n1. The second kappa shape index (κ2) is 15.1. The van der Waals surface area contributed by atoms with Crippen molar-refractivity contribution in [2.24, 2.45) is 0 Å². The van der Waals surface area contributed by atoms with Gasteiger partial charge in [0, 0.05) is 38.9 Å². The van der Waals surface area contributed by atoms with E-state index in [0.717, 1.165) is 50.1 Å². The summed E-state index contributed by atoms with van der Waals surface area (Å²) in [7, 11) is 0. The molecule has 0 amide bonds. The summed E-state index contributed by atoms with van der Waals surface area (Å²) in [5.74, 6) is 3.22. The zero-order valence-corrected chi connectivity index (χ0v) is 29.9. The number of nitrogens with zero attached hydrogens (tertiary/aromatic N) is 8. The number of hydrogen-bond acceptors (Lipinski definition) is 8. The van der Waals surface area contributed by atoms with E-state index in [4.69, 9.17) is 29.9 Å². The van der Waals surface area contributed by atoms with Crippen LogP contribution in [0.3, 0.4) is 0 Å². The molecular weight excluding hydrogens is 689 g/mol. The molecule has 0 spiro atoms. The van der Waals surface area contributed by atoms with E-state index in [1.165, 1.54) is 0 Å². The van der Waals surface area contributed by atoms with E-state index in [0.29, 0.717) is 46.3 Å². The summed E-state index contributed by atoms with van der Waals surface area (Å²) in [5.41, 5.74) is 9.13. The molecule has 0 radical (unpaired) electrons. The Bertz CT molecular complexity index is 2860. The largest absolute Gasteiger partial charge is 0.237 e. The van der Waals surface area contributed by atoms with E-state index in [2.05, 4.69) is 47.5 Å². The highest BCUT2D eigenvalue weighted by Crippen LogP contribution is 2.31. The lowest BCUT2D eigenvalue weighted by Crippen LogP contribution is -2.02. The highest BCUT2D eigenvalue weighted by atomic mass is 15.0. The van der Waals surface area contributed by atoms with Gasteiger partial charge in [-0.2, -0.15) is 5.26 Å². The molecule has 3 heterocycles. The molecule has 3 aromatic heterocycles. The van der Waals surface area contributed by atoms with Gasteiger partial charge in [0.1, 0.15) is 11.8 Å². The molecule has 6 aromatic carbocycles. The number of hydrogen-bond donors (Lipinski definition) is 0. The van der Waals surface area contributed by atoms with Crippen LogP contribution in [0.4, 0.5) is 0 Å². The first-order valence-electron chi connectivity index (χ1n) is 18.0. The number of aromatic nitrogens is 7. The molecular formula is C48H30N8. The van der Waals surface area contributed by atoms with Crippen LogP contribution >= 0.6 is 0 Å². The Morgan fingerprint density at radius 2 is 0.589 bits per heavy atom. The smallest absolute Gasteiger partial charge is 0.164 e. The molecule has 0 aliphatic heterocycles. The van der Waals surface area contributed by atoms with Gasteiger partial charge in [0.05, 0.1) is 5.69 Å². The van der Waals surface area contributed by atoms with Crippen molar-refractivity contribution in [1.82, 2.24) is 34.9 Å². The van der Waals surface area contributed by atoms with Crippen molar-refractivity contribution in [3.8, 4) is 96.8 Å². The second-order valence-electron chi connectivity index (χ2n) is 13.0.